The molecule has 0 aliphatic heterocycles. The van der Waals surface area contributed by atoms with Gasteiger partial charge in [0.2, 0.25) is 0 Å². The van der Waals surface area contributed by atoms with Crippen molar-refractivity contribution in [3.05, 3.63) is 0 Å². The van der Waals surface area contributed by atoms with Crippen LogP contribution in [-0.2, 0) is 0 Å². The van der Waals surface area contributed by atoms with E-state index in [-0.39, 0.29) is 0 Å². The summed E-state index contributed by atoms with van der Waals surface area (Å²) in [6.07, 6.45) is 23.2. The molecule has 1 fully saturated rings. The molecule has 1 rings (SSSR count). The van der Waals surface area contributed by atoms with Crippen LogP contribution in [0.15, 0.2) is 0 Å². The Morgan fingerprint density at radius 2 is 1.04 bits per heavy atom. The van der Waals surface area contributed by atoms with Crippen molar-refractivity contribution in [2.75, 3.05) is 19.6 Å². The predicted molar refractivity (Wildman–Crippen MR) is 105 cm³/mol. The fourth-order valence-corrected chi connectivity index (χ4v) is 4.08. The molecule has 0 N–H and O–H groups in total. The molecule has 0 unspecified atom stereocenters. The van der Waals surface area contributed by atoms with Crippen molar-refractivity contribution in [3.8, 4) is 0 Å². The second kappa shape index (κ2) is 15.5. The lowest BCUT2D eigenvalue weighted by atomic mass is 10.1. The second-order valence-corrected chi connectivity index (χ2v) is 7.99. The van der Waals surface area contributed by atoms with Crippen LogP contribution in [0.4, 0.5) is 0 Å². The van der Waals surface area contributed by atoms with E-state index in [1.165, 1.54) is 122 Å². The van der Waals surface area contributed by atoms with Crippen LogP contribution >= 0.6 is 0 Å². The highest BCUT2D eigenvalue weighted by Gasteiger charge is 2.18. The predicted octanol–water partition coefficient (Wildman–Crippen LogP) is 7.20. The first-order chi connectivity index (χ1) is 11.4. The van der Waals surface area contributed by atoms with Crippen LogP contribution in [0.2, 0.25) is 0 Å². The smallest absolute Gasteiger partial charge is 0.000965 e. The third-order valence-corrected chi connectivity index (χ3v) is 5.65. The van der Waals surface area contributed by atoms with E-state index in [2.05, 4.69) is 18.7 Å². The quantitative estimate of drug-likeness (QED) is 0.271. The van der Waals surface area contributed by atoms with Crippen molar-refractivity contribution in [2.45, 2.75) is 117 Å². The van der Waals surface area contributed by atoms with E-state index in [4.69, 9.17) is 0 Å². The van der Waals surface area contributed by atoms with Crippen molar-refractivity contribution in [1.29, 1.82) is 0 Å². The molecule has 0 heterocycles. The molecule has 1 aliphatic carbocycles. The first-order valence-electron chi connectivity index (χ1n) is 11.1. The van der Waals surface area contributed by atoms with Gasteiger partial charge in [-0.25, -0.2) is 0 Å². The zero-order valence-corrected chi connectivity index (χ0v) is 16.5. The summed E-state index contributed by atoms with van der Waals surface area (Å²) in [5, 5.41) is 0. The maximum atomic E-state index is 2.83. The summed E-state index contributed by atoms with van der Waals surface area (Å²) in [5.41, 5.74) is 0. The molecule has 0 atom stereocenters. The highest BCUT2D eigenvalue weighted by Crippen LogP contribution is 2.25. The van der Waals surface area contributed by atoms with Crippen LogP contribution in [0, 0.1) is 5.92 Å². The molecule has 1 heteroatoms. The van der Waals surface area contributed by atoms with Gasteiger partial charge in [-0.05, 0) is 44.7 Å². The molecule has 0 amide bonds. The number of hydrogen-bond donors (Lipinski definition) is 0. The first kappa shape index (κ1) is 21.0. The van der Waals surface area contributed by atoms with E-state index in [0.29, 0.717) is 0 Å². The van der Waals surface area contributed by atoms with Crippen LogP contribution in [0.1, 0.15) is 117 Å². The van der Waals surface area contributed by atoms with Gasteiger partial charge in [-0.15, -0.1) is 0 Å². The Kier molecular flexibility index (Phi) is 14.1. The van der Waals surface area contributed by atoms with Gasteiger partial charge in [0.1, 0.15) is 0 Å². The molecule has 0 spiro atoms. The zero-order chi connectivity index (χ0) is 16.6. The molecular formula is C22H45N. The summed E-state index contributed by atoms with van der Waals surface area (Å²) in [5.74, 6) is 1.02. The van der Waals surface area contributed by atoms with Crippen LogP contribution < -0.4 is 0 Å². The lowest BCUT2D eigenvalue weighted by Crippen LogP contribution is -2.30. The topological polar surface area (TPSA) is 3.24 Å². The van der Waals surface area contributed by atoms with Crippen LogP contribution in [0.25, 0.3) is 0 Å². The summed E-state index contributed by atoms with van der Waals surface area (Å²) in [7, 11) is 0. The van der Waals surface area contributed by atoms with Gasteiger partial charge in [0, 0.05) is 6.54 Å². The average molecular weight is 324 g/mol. The van der Waals surface area contributed by atoms with Crippen molar-refractivity contribution in [3.63, 3.8) is 0 Å². The highest BCUT2D eigenvalue weighted by molar-refractivity contribution is 4.72. The zero-order valence-electron chi connectivity index (χ0n) is 16.5. The summed E-state index contributed by atoms with van der Waals surface area (Å²) in [4.78, 5) is 2.83. The highest BCUT2D eigenvalue weighted by atomic mass is 15.1. The van der Waals surface area contributed by atoms with Gasteiger partial charge in [-0.2, -0.15) is 0 Å². The average Bonchev–Trinajstić information content (AvgIpc) is 3.06. The number of unbranched alkanes of at least 4 members (excludes halogenated alkanes) is 10. The largest absolute Gasteiger partial charge is 0.303 e. The third-order valence-electron chi connectivity index (χ3n) is 5.65. The van der Waals surface area contributed by atoms with Gasteiger partial charge in [0.15, 0.2) is 0 Å². The van der Waals surface area contributed by atoms with Crippen LogP contribution in [0.3, 0.4) is 0 Å². The number of rotatable bonds is 16. The van der Waals surface area contributed by atoms with Crippen LogP contribution in [-0.4, -0.2) is 24.5 Å². The first-order valence-corrected chi connectivity index (χ1v) is 11.1. The fourth-order valence-electron chi connectivity index (χ4n) is 4.08. The van der Waals surface area contributed by atoms with Gasteiger partial charge in [-0.1, -0.05) is 90.9 Å². The molecule has 138 valence electrons. The van der Waals surface area contributed by atoms with E-state index in [1.54, 1.807) is 0 Å². The Labute approximate surface area is 147 Å². The Morgan fingerprint density at radius 3 is 1.52 bits per heavy atom. The van der Waals surface area contributed by atoms with Crippen molar-refractivity contribution < 1.29 is 0 Å². The minimum Gasteiger partial charge on any atom is -0.303 e. The molecule has 0 aromatic heterocycles. The Balaban J connectivity index is 2.11. The van der Waals surface area contributed by atoms with E-state index in [0.717, 1.165) is 5.92 Å². The van der Waals surface area contributed by atoms with Gasteiger partial charge in [0.05, 0.1) is 0 Å². The lowest BCUT2D eigenvalue weighted by molar-refractivity contribution is 0.222. The monoisotopic (exact) mass is 323 g/mol. The Morgan fingerprint density at radius 1 is 0.609 bits per heavy atom. The minimum atomic E-state index is 1.02. The van der Waals surface area contributed by atoms with Crippen molar-refractivity contribution in [2.24, 2.45) is 5.92 Å². The number of hydrogen-bond acceptors (Lipinski definition) is 1. The van der Waals surface area contributed by atoms with E-state index in [1.807, 2.05) is 0 Å². The molecule has 0 radical (unpaired) electrons. The van der Waals surface area contributed by atoms with Crippen LogP contribution in [0.5, 0.6) is 0 Å². The SMILES string of the molecule is CCCCCCCCN(CCCCCCCC)CC1CCCC1. The molecule has 0 aromatic carbocycles. The normalized spacial score (nSPS) is 15.8. The maximum Gasteiger partial charge on any atom is 0.000965 e. The summed E-state index contributed by atoms with van der Waals surface area (Å²) < 4.78 is 0. The summed E-state index contributed by atoms with van der Waals surface area (Å²) >= 11 is 0. The summed E-state index contributed by atoms with van der Waals surface area (Å²) in [6, 6.07) is 0. The van der Waals surface area contributed by atoms with Crippen molar-refractivity contribution >= 4 is 0 Å². The van der Waals surface area contributed by atoms with E-state index in [9.17, 15) is 0 Å². The lowest BCUT2D eigenvalue weighted by Gasteiger charge is -2.25. The van der Waals surface area contributed by atoms with Gasteiger partial charge in [0.25, 0.3) is 0 Å². The van der Waals surface area contributed by atoms with Gasteiger partial charge >= 0.3 is 0 Å². The molecule has 0 aromatic rings. The molecule has 0 saturated heterocycles. The standard InChI is InChI=1S/C22H45N/c1-3-5-7-9-11-15-19-23(21-22-17-13-14-18-22)20-16-12-10-8-6-4-2/h22H,3-21H2,1-2H3. The fraction of sp³-hybridized carbons (Fsp3) is 1.00. The number of nitrogens with zero attached hydrogens (tertiary/aromatic N) is 1. The second-order valence-electron chi connectivity index (χ2n) is 7.99. The molecule has 1 aliphatic rings. The third kappa shape index (κ3) is 12.0. The molecule has 23 heavy (non-hydrogen) atoms. The molecular weight excluding hydrogens is 278 g/mol. The molecule has 1 nitrogen and oxygen atoms in total. The Bertz CT molecular complexity index is 216. The van der Waals surface area contributed by atoms with Gasteiger partial charge in [-0.3, -0.25) is 0 Å². The Hall–Kier alpha value is -0.0400. The molecule has 1 saturated carbocycles. The van der Waals surface area contributed by atoms with Crippen molar-refractivity contribution in [1.82, 2.24) is 4.90 Å². The van der Waals surface area contributed by atoms with Gasteiger partial charge < -0.3 is 4.90 Å². The minimum absolute atomic E-state index is 1.02. The van der Waals surface area contributed by atoms with E-state index < -0.39 is 0 Å². The van der Waals surface area contributed by atoms with E-state index >= 15 is 0 Å². The maximum absolute atomic E-state index is 2.83. The summed E-state index contributed by atoms with van der Waals surface area (Å²) in [6.45, 7) is 8.77. The molecule has 0 bridgehead atoms.